The number of methoxy groups -OCH3 is 1. The molecule has 6 nitrogen and oxygen atoms in total. The number of carboxylic acid groups (broad SMARTS) is 1. The number of sulfonamides is 1. The van der Waals surface area contributed by atoms with Gasteiger partial charge in [0.1, 0.15) is 10.6 Å². The molecule has 24 heavy (non-hydrogen) atoms. The van der Waals surface area contributed by atoms with E-state index in [-0.39, 0.29) is 22.3 Å². The molecule has 0 saturated heterocycles. The number of aromatic carboxylic acids is 1. The molecule has 0 aromatic heterocycles. The van der Waals surface area contributed by atoms with Crippen LogP contribution >= 0.6 is 0 Å². The summed E-state index contributed by atoms with van der Waals surface area (Å²) in [5.74, 6) is -1.08. The van der Waals surface area contributed by atoms with Gasteiger partial charge in [-0.05, 0) is 42.2 Å². The number of ether oxygens (including phenoxy) is 1. The Bertz CT molecular complexity index is 892. The molecule has 1 unspecified atom stereocenters. The molecule has 0 amide bonds. The summed E-state index contributed by atoms with van der Waals surface area (Å²) in [5, 5.41) is 9.10. The van der Waals surface area contributed by atoms with Gasteiger partial charge in [0, 0.05) is 6.04 Å². The molecule has 1 aliphatic rings. The van der Waals surface area contributed by atoms with Gasteiger partial charge in [-0.15, -0.1) is 0 Å². The van der Waals surface area contributed by atoms with Gasteiger partial charge in [0.2, 0.25) is 10.0 Å². The highest BCUT2D eigenvalue weighted by Crippen LogP contribution is 2.33. The molecule has 1 atom stereocenters. The molecular weight excluding hydrogens is 330 g/mol. The Morgan fingerprint density at radius 3 is 2.71 bits per heavy atom. The summed E-state index contributed by atoms with van der Waals surface area (Å²) < 4.78 is 33.3. The molecule has 7 heteroatoms. The number of benzene rings is 2. The standard InChI is InChI=1S/C17H17NO5S/c1-23-15-9-7-12(17(19)20)10-16(15)24(21,22)18-14-8-6-11-4-2-3-5-13(11)14/h2-5,7,9-10,14,18H,6,8H2,1H3,(H,19,20). The van der Waals surface area contributed by atoms with Gasteiger partial charge in [-0.25, -0.2) is 17.9 Å². The Hall–Kier alpha value is -2.38. The maximum Gasteiger partial charge on any atom is 0.335 e. The fourth-order valence-corrected chi connectivity index (χ4v) is 4.39. The molecule has 0 heterocycles. The fourth-order valence-electron chi connectivity index (χ4n) is 2.95. The SMILES string of the molecule is COc1ccc(C(=O)O)cc1S(=O)(=O)NC1CCc2ccccc21. The quantitative estimate of drug-likeness (QED) is 0.866. The maximum atomic E-state index is 12.8. The summed E-state index contributed by atoms with van der Waals surface area (Å²) in [6, 6.07) is 11.1. The highest BCUT2D eigenvalue weighted by atomic mass is 32.2. The number of rotatable bonds is 5. The van der Waals surface area contributed by atoms with Crippen molar-refractivity contribution in [2.75, 3.05) is 7.11 Å². The average Bonchev–Trinajstić information content (AvgIpc) is 2.96. The topological polar surface area (TPSA) is 92.7 Å². The molecule has 0 saturated carbocycles. The van der Waals surface area contributed by atoms with E-state index in [1.54, 1.807) is 0 Å². The number of carbonyl (C=O) groups is 1. The third kappa shape index (κ3) is 3.00. The van der Waals surface area contributed by atoms with E-state index < -0.39 is 16.0 Å². The van der Waals surface area contributed by atoms with E-state index in [1.807, 2.05) is 24.3 Å². The van der Waals surface area contributed by atoms with Crippen LogP contribution in [0.1, 0.15) is 33.9 Å². The highest BCUT2D eigenvalue weighted by molar-refractivity contribution is 7.89. The second kappa shape index (κ2) is 6.26. The van der Waals surface area contributed by atoms with Crippen LogP contribution in [0.15, 0.2) is 47.4 Å². The predicted octanol–water partition coefficient (Wildman–Crippen LogP) is 2.36. The average molecular weight is 347 g/mol. The minimum absolute atomic E-state index is 0.108. The number of aryl methyl sites for hydroxylation is 1. The zero-order valence-corrected chi connectivity index (χ0v) is 13.8. The van der Waals surface area contributed by atoms with Gasteiger partial charge in [0.15, 0.2) is 0 Å². The smallest absolute Gasteiger partial charge is 0.335 e. The van der Waals surface area contributed by atoms with Gasteiger partial charge in [-0.1, -0.05) is 24.3 Å². The lowest BCUT2D eigenvalue weighted by molar-refractivity contribution is 0.0696. The molecule has 0 bridgehead atoms. The molecule has 0 aliphatic heterocycles. The normalized spacial score (nSPS) is 16.6. The minimum Gasteiger partial charge on any atom is -0.495 e. The van der Waals surface area contributed by atoms with Crippen LogP contribution in [0.3, 0.4) is 0 Å². The van der Waals surface area contributed by atoms with Crippen molar-refractivity contribution in [2.45, 2.75) is 23.8 Å². The molecule has 2 aromatic rings. The molecule has 3 rings (SSSR count). The van der Waals surface area contributed by atoms with E-state index >= 15 is 0 Å². The van der Waals surface area contributed by atoms with Gasteiger partial charge < -0.3 is 9.84 Å². The van der Waals surface area contributed by atoms with Crippen LogP contribution in [-0.4, -0.2) is 26.6 Å². The minimum atomic E-state index is -3.92. The van der Waals surface area contributed by atoms with Crippen molar-refractivity contribution in [1.82, 2.24) is 4.72 Å². The van der Waals surface area contributed by atoms with Crippen molar-refractivity contribution in [3.63, 3.8) is 0 Å². The summed E-state index contributed by atoms with van der Waals surface area (Å²) in [6.07, 6.45) is 1.47. The van der Waals surface area contributed by atoms with Gasteiger partial charge in [0.25, 0.3) is 0 Å². The van der Waals surface area contributed by atoms with Crippen molar-refractivity contribution >= 4 is 16.0 Å². The first kappa shape index (κ1) is 16.5. The number of carboxylic acids is 1. The van der Waals surface area contributed by atoms with E-state index in [0.717, 1.165) is 23.6 Å². The summed E-state index contributed by atoms with van der Waals surface area (Å²) in [7, 11) is -2.58. The van der Waals surface area contributed by atoms with Gasteiger partial charge in [0.05, 0.1) is 12.7 Å². The Morgan fingerprint density at radius 1 is 1.25 bits per heavy atom. The Morgan fingerprint density at radius 2 is 2.00 bits per heavy atom. The number of fused-ring (bicyclic) bond motifs is 1. The van der Waals surface area contributed by atoms with Gasteiger partial charge >= 0.3 is 5.97 Å². The van der Waals surface area contributed by atoms with E-state index in [4.69, 9.17) is 9.84 Å². The molecule has 2 N–H and O–H groups in total. The molecule has 1 aliphatic carbocycles. The number of hydrogen-bond acceptors (Lipinski definition) is 4. The monoisotopic (exact) mass is 347 g/mol. The first-order valence-electron chi connectivity index (χ1n) is 7.44. The second-order valence-corrected chi connectivity index (χ2v) is 7.26. The first-order valence-corrected chi connectivity index (χ1v) is 8.92. The van der Waals surface area contributed by atoms with Crippen molar-refractivity contribution < 1.29 is 23.1 Å². The third-order valence-electron chi connectivity index (χ3n) is 4.13. The summed E-state index contributed by atoms with van der Waals surface area (Å²) >= 11 is 0. The third-order valence-corrected chi connectivity index (χ3v) is 5.62. The van der Waals surface area contributed by atoms with Crippen molar-refractivity contribution in [3.8, 4) is 5.75 Å². The van der Waals surface area contributed by atoms with Crippen LogP contribution in [0.4, 0.5) is 0 Å². The predicted molar refractivity (Wildman–Crippen MR) is 87.8 cm³/mol. The Balaban J connectivity index is 1.97. The Labute approximate surface area is 140 Å². The molecule has 2 aromatic carbocycles. The van der Waals surface area contributed by atoms with Crippen LogP contribution in [0.25, 0.3) is 0 Å². The zero-order chi connectivity index (χ0) is 17.3. The van der Waals surface area contributed by atoms with Crippen LogP contribution < -0.4 is 9.46 Å². The van der Waals surface area contributed by atoms with Crippen LogP contribution in [0.2, 0.25) is 0 Å². The second-order valence-electron chi connectivity index (χ2n) is 5.58. The lowest BCUT2D eigenvalue weighted by atomic mass is 10.1. The van der Waals surface area contributed by atoms with Crippen LogP contribution in [0, 0.1) is 0 Å². The van der Waals surface area contributed by atoms with Crippen molar-refractivity contribution in [2.24, 2.45) is 0 Å². The van der Waals surface area contributed by atoms with E-state index in [1.165, 1.54) is 19.2 Å². The molecule has 0 fully saturated rings. The Kier molecular flexibility index (Phi) is 4.29. The maximum absolute atomic E-state index is 12.8. The molecule has 0 radical (unpaired) electrons. The highest BCUT2D eigenvalue weighted by Gasteiger charge is 2.29. The fraction of sp³-hybridized carbons (Fsp3) is 0.235. The number of nitrogens with one attached hydrogen (secondary N) is 1. The lowest BCUT2D eigenvalue weighted by Crippen LogP contribution is -2.28. The zero-order valence-electron chi connectivity index (χ0n) is 13.0. The van der Waals surface area contributed by atoms with Crippen molar-refractivity contribution in [1.29, 1.82) is 0 Å². The van der Waals surface area contributed by atoms with Crippen LogP contribution in [-0.2, 0) is 16.4 Å². The van der Waals surface area contributed by atoms with Gasteiger partial charge in [-0.3, -0.25) is 0 Å². The first-order chi connectivity index (χ1) is 11.4. The summed E-state index contributed by atoms with van der Waals surface area (Å²) in [5.41, 5.74) is 1.97. The van der Waals surface area contributed by atoms with E-state index in [2.05, 4.69) is 4.72 Å². The van der Waals surface area contributed by atoms with Crippen molar-refractivity contribution in [3.05, 3.63) is 59.2 Å². The van der Waals surface area contributed by atoms with Gasteiger partial charge in [-0.2, -0.15) is 0 Å². The van der Waals surface area contributed by atoms with E-state index in [9.17, 15) is 13.2 Å². The van der Waals surface area contributed by atoms with E-state index in [0.29, 0.717) is 6.42 Å². The number of hydrogen-bond donors (Lipinski definition) is 2. The molecule has 0 spiro atoms. The summed E-state index contributed by atoms with van der Waals surface area (Å²) in [6.45, 7) is 0. The lowest BCUT2D eigenvalue weighted by Gasteiger charge is -2.16. The molecule has 126 valence electrons. The summed E-state index contributed by atoms with van der Waals surface area (Å²) in [4.78, 5) is 11.0. The van der Waals surface area contributed by atoms with Crippen LogP contribution in [0.5, 0.6) is 5.75 Å². The molecular formula is C17H17NO5S. The largest absolute Gasteiger partial charge is 0.495 e.